The number of carbonyl (C=O) groups excluding carboxylic acids is 2. The van der Waals surface area contributed by atoms with Gasteiger partial charge in [-0.05, 0) is 40.2 Å². The van der Waals surface area contributed by atoms with E-state index in [2.05, 4.69) is 26.6 Å². The first kappa shape index (κ1) is 17.5. The zero-order chi connectivity index (χ0) is 17.7. The highest BCUT2D eigenvalue weighted by molar-refractivity contribution is 9.10. The topological polar surface area (TPSA) is 101 Å². The summed E-state index contributed by atoms with van der Waals surface area (Å²) in [5, 5.41) is 15.6. The lowest BCUT2D eigenvalue weighted by molar-refractivity contribution is -0.387. The van der Waals surface area contributed by atoms with Crippen LogP contribution >= 0.6 is 15.9 Å². The number of carbonyl (C=O) groups is 2. The van der Waals surface area contributed by atoms with E-state index in [1.807, 2.05) is 0 Å². The maximum absolute atomic E-state index is 13.2. The first-order chi connectivity index (χ1) is 11.4. The summed E-state index contributed by atoms with van der Waals surface area (Å²) in [6, 6.07) is 9.67. The number of hydrogen-bond acceptors (Lipinski definition) is 4. The number of nitro benzene ring substituents is 1. The van der Waals surface area contributed by atoms with Crippen LogP contribution in [0.4, 0.5) is 15.8 Å². The Morgan fingerprint density at radius 1 is 1.21 bits per heavy atom. The molecule has 0 spiro atoms. The van der Waals surface area contributed by atoms with Crippen molar-refractivity contribution in [3.8, 4) is 0 Å². The Hall–Kier alpha value is -2.81. The van der Waals surface area contributed by atoms with Crippen LogP contribution in [-0.2, 0) is 4.79 Å². The lowest BCUT2D eigenvalue weighted by atomic mass is 10.2. The first-order valence-corrected chi connectivity index (χ1v) is 7.44. The molecule has 0 unspecified atom stereocenters. The SMILES string of the molecule is O=C(CNC(=O)c1ccc(F)c([N+](=O)[O-])c1)Nc1ccccc1Br. The van der Waals surface area contributed by atoms with Gasteiger partial charge in [0.05, 0.1) is 17.2 Å². The number of hydrogen-bond donors (Lipinski definition) is 2. The Labute approximate surface area is 144 Å². The smallest absolute Gasteiger partial charge is 0.305 e. The van der Waals surface area contributed by atoms with Crippen LogP contribution in [0.25, 0.3) is 0 Å². The van der Waals surface area contributed by atoms with E-state index >= 15 is 0 Å². The maximum Gasteiger partial charge on any atom is 0.305 e. The monoisotopic (exact) mass is 395 g/mol. The molecule has 0 aliphatic rings. The lowest BCUT2D eigenvalue weighted by Gasteiger charge is -2.08. The van der Waals surface area contributed by atoms with Gasteiger partial charge in [0.15, 0.2) is 0 Å². The minimum Gasteiger partial charge on any atom is -0.343 e. The maximum atomic E-state index is 13.2. The molecule has 0 aliphatic carbocycles. The first-order valence-electron chi connectivity index (χ1n) is 6.65. The van der Waals surface area contributed by atoms with E-state index in [0.29, 0.717) is 10.2 Å². The molecule has 0 aromatic heterocycles. The van der Waals surface area contributed by atoms with Crippen LogP contribution in [0.2, 0.25) is 0 Å². The van der Waals surface area contributed by atoms with Crippen LogP contribution in [0.15, 0.2) is 46.9 Å². The molecule has 2 aromatic carbocycles. The van der Waals surface area contributed by atoms with E-state index in [-0.39, 0.29) is 12.1 Å². The normalized spacial score (nSPS) is 10.1. The van der Waals surface area contributed by atoms with E-state index in [1.165, 1.54) is 0 Å². The number of amides is 2. The van der Waals surface area contributed by atoms with E-state index in [4.69, 9.17) is 0 Å². The van der Waals surface area contributed by atoms with Crippen molar-refractivity contribution in [3.63, 3.8) is 0 Å². The number of para-hydroxylation sites is 1. The summed E-state index contributed by atoms with van der Waals surface area (Å²) in [5.41, 5.74) is -0.383. The Morgan fingerprint density at radius 2 is 1.92 bits per heavy atom. The molecule has 0 saturated carbocycles. The highest BCUT2D eigenvalue weighted by atomic mass is 79.9. The highest BCUT2D eigenvalue weighted by Gasteiger charge is 2.18. The van der Waals surface area contributed by atoms with Gasteiger partial charge in [0, 0.05) is 16.1 Å². The van der Waals surface area contributed by atoms with Crippen LogP contribution in [0.5, 0.6) is 0 Å². The van der Waals surface area contributed by atoms with E-state index in [1.54, 1.807) is 24.3 Å². The molecule has 7 nitrogen and oxygen atoms in total. The highest BCUT2D eigenvalue weighted by Crippen LogP contribution is 2.21. The number of benzene rings is 2. The number of halogens is 2. The van der Waals surface area contributed by atoms with Gasteiger partial charge in [0.25, 0.3) is 5.91 Å². The molecule has 2 aromatic rings. The van der Waals surface area contributed by atoms with Crippen molar-refractivity contribution in [1.82, 2.24) is 5.32 Å². The zero-order valence-electron chi connectivity index (χ0n) is 12.1. The third kappa shape index (κ3) is 4.35. The fraction of sp³-hybridized carbons (Fsp3) is 0.0667. The fourth-order valence-corrected chi connectivity index (χ4v) is 2.20. The molecule has 9 heteroatoms. The Morgan fingerprint density at radius 3 is 2.58 bits per heavy atom. The molecule has 0 atom stereocenters. The van der Waals surface area contributed by atoms with Gasteiger partial charge in [0.2, 0.25) is 11.7 Å². The molecule has 0 fully saturated rings. The van der Waals surface area contributed by atoms with Gasteiger partial charge in [0.1, 0.15) is 0 Å². The van der Waals surface area contributed by atoms with Crippen LogP contribution in [-0.4, -0.2) is 23.3 Å². The average molecular weight is 396 g/mol. The van der Waals surface area contributed by atoms with Crippen molar-refractivity contribution in [1.29, 1.82) is 0 Å². The predicted molar refractivity (Wildman–Crippen MR) is 88.2 cm³/mol. The van der Waals surface area contributed by atoms with Gasteiger partial charge in [-0.1, -0.05) is 12.1 Å². The molecular formula is C15H11BrFN3O4. The number of anilines is 1. The Balaban J connectivity index is 1.98. The van der Waals surface area contributed by atoms with Gasteiger partial charge in [-0.25, -0.2) is 0 Å². The third-order valence-corrected chi connectivity index (χ3v) is 3.65. The van der Waals surface area contributed by atoms with Crippen molar-refractivity contribution in [3.05, 3.63) is 68.4 Å². The standard InChI is InChI=1S/C15H11BrFN3O4/c16-10-3-1-2-4-12(10)19-14(21)8-18-15(22)9-5-6-11(17)13(7-9)20(23)24/h1-7H,8H2,(H,18,22)(H,19,21). The number of nitrogens with zero attached hydrogens (tertiary/aromatic N) is 1. The summed E-state index contributed by atoms with van der Waals surface area (Å²) in [6.45, 7) is -0.342. The van der Waals surface area contributed by atoms with E-state index in [0.717, 1.165) is 18.2 Å². The van der Waals surface area contributed by atoms with Gasteiger partial charge in [-0.15, -0.1) is 0 Å². The molecule has 2 N–H and O–H groups in total. The van der Waals surface area contributed by atoms with Crippen LogP contribution in [0.3, 0.4) is 0 Å². The molecule has 0 aliphatic heterocycles. The van der Waals surface area contributed by atoms with Gasteiger partial charge >= 0.3 is 5.69 Å². The average Bonchev–Trinajstić information content (AvgIpc) is 2.55. The Bertz CT molecular complexity index is 813. The van der Waals surface area contributed by atoms with E-state index < -0.39 is 28.2 Å². The number of nitrogens with one attached hydrogen (secondary N) is 2. The molecular weight excluding hydrogens is 385 g/mol. The molecule has 2 rings (SSSR count). The summed E-state index contributed by atoms with van der Waals surface area (Å²) in [6.07, 6.45) is 0. The van der Waals surface area contributed by atoms with Crippen molar-refractivity contribution in [2.75, 3.05) is 11.9 Å². The summed E-state index contributed by atoms with van der Waals surface area (Å²) in [7, 11) is 0. The van der Waals surface area contributed by atoms with Gasteiger partial charge < -0.3 is 10.6 Å². The molecule has 2 amide bonds. The molecule has 124 valence electrons. The van der Waals surface area contributed by atoms with Gasteiger partial charge in [-0.2, -0.15) is 4.39 Å². The van der Waals surface area contributed by atoms with Crippen molar-refractivity contribution in [2.24, 2.45) is 0 Å². The minimum absolute atomic E-state index is 0.114. The molecule has 0 saturated heterocycles. The summed E-state index contributed by atoms with van der Waals surface area (Å²) < 4.78 is 13.9. The lowest BCUT2D eigenvalue weighted by Crippen LogP contribution is -2.33. The molecule has 0 bridgehead atoms. The second-order valence-corrected chi connectivity index (χ2v) is 5.49. The summed E-state index contributed by atoms with van der Waals surface area (Å²) >= 11 is 3.27. The van der Waals surface area contributed by atoms with Crippen LogP contribution in [0.1, 0.15) is 10.4 Å². The summed E-state index contributed by atoms with van der Waals surface area (Å²) in [5.74, 6) is -2.24. The second kappa shape index (κ2) is 7.64. The largest absolute Gasteiger partial charge is 0.343 e. The Kier molecular flexibility index (Phi) is 5.59. The number of rotatable bonds is 5. The van der Waals surface area contributed by atoms with Gasteiger partial charge in [-0.3, -0.25) is 19.7 Å². The predicted octanol–water partition coefficient (Wildman–Crippen LogP) is 2.86. The zero-order valence-corrected chi connectivity index (χ0v) is 13.7. The molecule has 0 radical (unpaired) electrons. The fourth-order valence-electron chi connectivity index (χ4n) is 1.81. The van der Waals surface area contributed by atoms with Crippen LogP contribution < -0.4 is 10.6 Å². The second-order valence-electron chi connectivity index (χ2n) is 4.63. The van der Waals surface area contributed by atoms with Crippen molar-refractivity contribution < 1.29 is 18.9 Å². The minimum atomic E-state index is -1.04. The summed E-state index contributed by atoms with van der Waals surface area (Å²) in [4.78, 5) is 33.5. The third-order valence-electron chi connectivity index (χ3n) is 2.96. The quantitative estimate of drug-likeness (QED) is 0.600. The number of nitro groups is 1. The van der Waals surface area contributed by atoms with Crippen molar-refractivity contribution >= 4 is 39.1 Å². The van der Waals surface area contributed by atoms with Crippen molar-refractivity contribution in [2.45, 2.75) is 0 Å². The van der Waals surface area contributed by atoms with Crippen LogP contribution in [0, 0.1) is 15.9 Å². The molecule has 0 heterocycles. The molecule has 24 heavy (non-hydrogen) atoms. The van der Waals surface area contributed by atoms with E-state index in [9.17, 15) is 24.1 Å².